The highest BCUT2D eigenvalue weighted by Crippen LogP contribution is 2.37. The molecule has 1 aromatic heterocycles. The minimum Gasteiger partial charge on any atom is -0.361 e. The van der Waals surface area contributed by atoms with Gasteiger partial charge in [-0.25, -0.2) is 5.53 Å². The van der Waals surface area contributed by atoms with Crippen LogP contribution >= 0.6 is 0 Å². The van der Waals surface area contributed by atoms with Gasteiger partial charge in [-0.3, -0.25) is 5.43 Å². The van der Waals surface area contributed by atoms with Crippen LogP contribution in [0.25, 0.3) is 10.9 Å². The summed E-state index contributed by atoms with van der Waals surface area (Å²) in [6, 6.07) is 13.5. The van der Waals surface area contributed by atoms with E-state index in [1.807, 2.05) is 0 Å². The molecule has 0 radical (unpaired) electrons. The fourth-order valence-corrected chi connectivity index (χ4v) is 5.19. The van der Waals surface area contributed by atoms with E-state index >= 15 is 0 Å². The van der Waals surface area contributed by atoms with Gasteiger partial charge in [-0.05, 0) is 80.4 Å². The molecule has 2 aromatic carbocycles. The Balaban J connectivity index is 1.45. The molecule has 2 aliphatic heterocycles. The number of nitrogens with one attached hydrogen (secondary N) is 4. The molecule has 156 valence electrons. The molecule has 3 heterocycles. The highest BCUT2D eigenvalue weighted by Gasteiger charge is 2.30. The quantitative estimate of drug-likeness (QED) is 0.540. The third-order valence-corrected chi connectivity index (χ3v) is 6.82. The first kappa shape index (κ1) is 19.2. The number of aromatic nitrogens is 1. The number of hydrogen-bond acceptors (Lipinski definition) is 5. The maximum atomic E-state index is 4.20. The second-order valence-corrected chi connectivity index (χ2v) is 8.82. The summed E-state index contributed by atoms with van der Waals surface area (Å²) in [5, 5.41) is 5.60. The number of hydrogen-bond donors (Lipinski definition) is 4. The van der Waals surface area contributed by atoms with E-state index in [1.165, 1.54) is 46.1 Å². The van der Waals surface area contributed by atoms with Crippen molar-refractivity contribution < 1.29 is 0 Å². The Labute approximate surface area is 177 Å². The van der Waals surface area contributed by atoms with Gasteiger partial charge in [0.15, 0.2) is 5.84 Å². The fraction of sp³-hybridized carbons (Fsp3) is 0.375. The zero-order chi connectivity index (χ0) is 20.7. The van der Waals surface area contributed by atoms with Crippen LogP contribution in [-0.4, -0.2) is 35.9 Å². The van der Waals surface area contributed by atoms with Gasteiger partial charge < -0.3 is 9.88 Å². The molecular formula is C24H30N6. The SMILES string of the molecule is Cc1cc(C)c2[nH]ccc2c1C[C@@H]1CCN(C)C[C@H]1c1ccc(C2=NNNN2)cc1. The molecule has 2 atom stereocenters. The van der Waals surface area contributed by atoms with Gasteiger partial charge in [-0.15, -0.1) is 10.6 Å². The molecule has 0 unspecified atom stereocenters. The third kappa shape index (κ3) is 3.46. The summed E-state index contributed by atoms with van der Waals surface area (Å²) in [6.45, 7) is 6.74. The van der Waals surface area contributed by atoms with Crippen molar-refractivity contribution >= 4 is 16.7 Å². The van der Waals surface area contributed by atoms with Crippen molar-refractivity contribution in [1.29, 1.82) is 0 Å². The Bertz CT molecular complexity index is 1080. The van der Waals surface area contributed by atoms with Gasteiger partial charge in [-0.1, -0.05) is 30.3 Å². The number of hydrazine groups is 2. The standard InChI is InChI=1S/C24H30N6/c1-15-12-16(2)23-20(8-10-25-23)21(15)13-19-9-11-30(3)14-22(19)17-4-6-18(7-5-17)24-26-28-29-27-24/h4-8,10,12,19,22,25,28-29H,9,11,13-14H2,1-3H3,(H,26,27)/t19-,22-/m0/s1. The molecule has 0 saturated carbocycles. The van der Waals surface area contributed by atoms with Gasteiger partial charge in [0.25, 0.3) is 0 Å². The molecule has 6 heteroatoms. The van der Waals surface area contributed by atoms with Crippen LogP contribution in [0.15, 0.2) is 47.7 Å². The number of hydrazone groups is 1. The molecular weight excluding hydrogens is 372 g/mol. The van der Waals surface area contributed by atoms with Crippen molar-refractivity contribution in [2.24, 2.45) is 11.0 Å². The molecule has 5 rings (SSSR count). The van der Waals surface area contributed by atoms with Crippen LogP contribution in [0.5, 0.6) is 0 Å². The number of nitrogens with zero attached hydrogens (tertiary/aromatic N) is 2. The highest BCUT2D eigenvalue weighted by atomic mass is 15.8. The molecule has 0 spiro atoms. The fourth-order valence-electron chi connectivity index (χ4n) is 5.19. The first-order chi connectivity index (χ1) is 14.6. The van der Waals surface area contributed by atoms with Gasteiger partial charge in [0.2, 0.25) is 0 Å². The minimum atomic E-state index is 0.530. The molecule has 0 amide bonds. The Morgan fingerprint density at radius 2 is 1.93 bits per heavy atom. The molecule has 0 bridgehead atoms. The lowest BCUT2D eigenvalue weighted by Gasteiger charge is -2.37. The molecule has 4 N–H and O–H groups in total. The maximum absolute atomic E-state index is 4.20. The van der Waals surface area contributed by atoms with E-state index in [9.17, 15) is 0 Å². The summed E-state index contributed by atoms with van der Waals surface area (Å²) in [5.74, 6) is 1.99. The molecule has 6 nitrogen and oxygen atoms in total. The van der Waals surface area contributed by atoms with Gasteiger partial charge in [0.1, 0.15) is 0 Å². The van der Waals surface area contributed by atoms with E-state index in [0.29, 0.717) is 11.8 Å². The average Bonchev–Trinajstić information content (AvgIpc) is 3.44. The number of likely N-dealkylation sites (tertiary alicyclic amines) is 1. The van der Waals surface area contributed by atoms with Crippen molar-refractivity contribution in [2.75, 3.05) is 20.1 Å². The third-order valence-electron chi connectivity index (χ3n) is 6.82. The zero-order valence-electron chi connectivity index (χ0n) is 17.9. The topological polar surface area (TPSA) is 67.5 Å². The second-order valence-electron chi connectivity index (χ2n) is 8.82. The largest absolute Gasteiger partial charge is 0.361 e. The van der Waals surface area contributed by atoms with Crippen molar-refractivity contribution in [3.8, 4) is 0 Å². The smallest absolute Gasteiger partial charge is 0.170 e. The van der Waals surface area contributed by atoms with Crippen LogP contribution in [0.1, 0.15) is 40.2 Å². The van der Waals surface area contributed by atoms with Crippen LogP contribution < -0.4 is 16.5 Å². The molecule has 0 aliphatic carbocycles. The number of piperidine rings is 1. The van der Waals surface area contributed by atoms with Crippen LogP contribution in [0.3, 0.4) is 0 Å². The van der Waals surface area contributed by atoms with Crippen molar-refractivity contribution in [3.63, 3.8) is 0 Å². The first-order valence-corrected chi connectivity index (χ1v) is 10.8. The van der Waals surface area contributed by atoms with Gasteiger partial charge >= 0.3 is 0 Å². The summed E-state index contributed by atoms with van der Waals surface area (Å²) < 4.78 is 0. The van der Waals surface area contributed by atoms with Gasteiger partial charge in [0, 0.05) is 29.2 Å². The number of rotatable bonds is 4. The predicted octanol–water partition coefficient (Wildman–Crippen LogP) is 3.34. The van der Waals surface area contributed by atoms with Gasteiger partial charge in [0.05, 0.1) is 0 Å². The lowest BCUT2D eigenvalue weighted by molar-refractivity contribution is 0.188. The van der Waals surface area contributed by atoms with E-state index < -0.39 is 0 Å². The second kappa shape index (κ2) is 7.78. The Morgan fingerprint density at radius 3 is 2.70 bits per heavy atom. The lowest BCUT2D eigenvalue weighted by Crippen LogP contribution is -2.37. The molecule has 3 aromatic rings. The number of benzene rings is 2. The Kier molecular flexibility index (Phi) is 4.97. The number of likely N-dealkylation sites (N-methyl/N-ethyl adjacent to an activating group) is 1. The summed E-state index contributed by atoms with van der Waals surface area (Å²) >= 11 is 0. The molecule has 1 fully saturated rings. The van der Waals surface area contributed by atoms with E-state index in [1.54, 1.807) is 0 Å². The Morgan fingerprint density at radius 1 is 1.10 bits per heavy atom. The number of aryl methyl sites for hydroxylation is 2. The van der Waals surface area contributed by atoms with E-state index in [2.05, 4.69) is 95.0 Å². The maximum Gasteiger partial charge on any atom is 0.170 e. The summed E-state index contributed by atoms with van der Waals surface area (Å²) in [6.07, 6.45) is 4.43. The van der Waals surface area contributed by atoms with Crippen molar-refractivity contribution in [2.45, 2.75) is 32.6 Å². The van der Waals surface area contributed by atoms with Crippen molar-refractivity contribution in [1.82, 2.24) is 26.4 Å². The summed E-state index contributed by atoms with van der Waals surface area (Å²) in [4.78, 5) is 5.91. The number of amidine groups is 1. The number of fused-ring (bicyclic) bond motifs is 1. The van der Waals surface area contributed by atoms with Crippen molar-refractivity contribution in [3.05, 3.63) is 70.4 Å². The number of aromatic amines is 1. The molecule has 30 heavy (non-hydrogen) atoms. The van der Waals surface area contributed by atoms with E-state index in [0.717, 1.165) is 24.4 Å². The van der Waals surface area contributed by atoms with E-state index in [-0.39, 0.29) is 0 Å². The summed E-state index contributed by atoms with van der Waals surface area (Å²) in [5.41, 5.74) is 16.6. The van der Waals surface area contributed by atoms with Crippen LogP contribution in [0.2, 0.25) is 0 Å². The highest BCUT2D eigenvalue weighted by molar-refractivity contribution is 5.98. The van der Waals surface area contributed by atoms with Crippen LogP contribution in [-0.2, 0) is 6.42 Å². The molecule has 2 aliphatic rings. The predicted molar refractivity (Wildman–Crippen MR) is 122 cm³/mol. The molecule has 1 saturated heterocycles. The van der Waals surface area contributed by atoms with E-state index in [4.69, 9.17) is 0 Å². The van der Waals surface area contributed by atoms with Gasteiger partial charge in [-0.2, -0.15) is 0 Å². The average molecular weight is 403 g/mol. The Hall–Kier alpha value is -2.83. The first-order valence-electron chi connectivity index (χ1n) is 10.8. The normalized spacial score (nSPS) is 22.0. The van der Waals surface area contributed by atoms with Crippen LogP contribution in [0.4, 0.5) is 0 Å². The summed E-state index contributed by atoms with van der Waals surface area (Å²) in [7, 11) is 2.24. The number of H-pyrrole nitrogens is 1. The zero-order valence-corrected chi connectivity index (χ0v) is 17.9. The monoisotopic (exact) mass is 402 g/mol. The van der Waals surface area contributed by atoms with Crippen LogP contribution in [0, 0.1) is 19.8 Å². The lowest BCUT2D eigenvalue weighted by atomic mass is 9.76. The minimum absolute atomic E-state index is 0.530.